The Hall–Kier alpha value is -1.10. The first-order chi connectivity index (χ1) is 8.76. The Morgan fingerprint density at radius 2 is 2.28 bits per heavy atom. The number of nitrogens with zero attached hydrogens (tertiary/aromatic N) is 1. The maximum absolute atomic E-state index is 6.23. The fourth-order valence-corrected chi connectivity index (χ4v) is 2.89. The SMILES string of the molecule is CCNCc1cnc(-c2c(Cl)cccc2OC)s1. The number of rotatable bonds is 5. The monoisotopic (exact) mass is 282 g/mol. The van der Waals surface area contributed by atoms with Gasteiger partial charge >= 0.3 is 0 Å². The van der Waals surface area contributed by atoms with Crippen LogP contribution in [0, 0.1) is 0 Å². The van der Waals surface area contributed by atoms with Crippen molar-refractivity contribution in [3.63, 3.8) is 0 Å². The average Bonchev–Trinajstić information content (AvgIpc) is 2.84. The molecule has 5 heteroatoms. The van der Waals surface area contributed by atoms with Crippen molar-refractivity contribution in [1.82, 2.24) is 10.3 Å². The molecule has 0 saturated carbocycles. The van der Waals surface area contributed by atoms with Crippen LogP contribution in [-0.2, 0) is 6.54 Å². The van der Waals surface area contributed by atoms with Gasteiger partial charge in [-0.15, -0.1) is 11.3 Å². The molecule has 0 fully saturated rings. The molecule has 0 bridgehead atoms. The van der Waals surface area contributed by atoms with Crippen molar-refractivity contribution in [1.29, 1.82) is 0 Å². The van der Waals surface area contributed by atoms with E-state index in [0.29, 0.717) is 5.02 Å². The fraction of sp³-hybridized carbons (Fsp3) is 0.308. The predicted octanol–water partition coefficient (Wildman–Crippen LogP) is 3.58. The van der Waals surface area contributed by atoms with Crippen molar-refractivity contribution in [3.05, 3.63) is 34.3 Å². The summed E-state index contributed by atoms with van der Waals surface area (Å²) in [6.07, 6.45) is 1.88. The fourth-order valence-electron chi connectivity index (χ4n) is 1.64. The third-order valence-electron chi connectivity index (χ3n) is 2.51. The van der Waals surface area contributed by atoms with Gasteiger partial charge in [-0.3, -0.25) is 0 Å². The van der Waals surface area contributed by atoms with E-state index in [1.807, 2.05) is 24.4 Å². The molecule has 2 rings (SSSR count). The lowest BCUT2D eigenvalue weighted by Crippen LogP contribution is -2.10. The van der Waals surface area contributed by atoms with Crippen molar-refractivity contribution in [2.75, 3.05) is 13.7 Å². The predicted molar refractivity (Wildman–Crippen MR) is 76.5 cm³/mol. The summed E-state index contributed by atoms with van der Waals surface area (Å²) in [4.78, 5) is 5.61. The first-order valence-electron chi connectivity index (χ1n) is 5.74. The standard InChI is InChI=1S/C13H15ClN2OS/c1-3-15-7-9-8-16-13(18-9)12-10(14)5-4-6-11(12)17-2/h4-6,8,15H,3,7H2,1-2H3. The van der Waals surface area contributed by atoms with E-state index in [2.05, 4.69) is 17.2 Å². The molecule has 18 heavy (non-hydrogen) atoms. The van der Waals surface area contributed by atoms with Gasteiger partial charge in [-0.25, -0.2) is 4.98 Å². The highest BCUT2D eigenvalue weighted by molar-refractivity contribution is 7.15. The van der Waals surface area contributed by atoms with Crippen molar-refractivity contribution >= 4 is 22.9 Å². The normalized spacial score (nSPS) is 10.6. The van der Waals surface area contributed by atoms with E-state index >= 15 is 0 Å². The van der Waals surface area contributed by atoms with Crippen LogP contribution in [-0.4, -0.2) is 18.6 Å². The lowest BCUT2D eigenvalue weighted by atomic mass is 10.2. The van der Waals surface area contributed by atoms with Gasteiger partial charge in [0.25, 0.3) is 0 Å². The summed E-state index contributed by atoms with van der Waals surface area (Å²) in [7, 11) is 1.64. The molecule has 1 aromatic carbocycles. The van der Waals surface area contributed by atoms with E-state index < -0.39 is 0 Å². The molecule has 0 aliphatic rings. The molecule has 0 spiro atoms. The van der Waals surface area contributed by atoms with Gasteiger partial charge in [0, 0.05) is 17.6 Å². The summed E-state index contributed by atoms with van der Waals surface area (Å²) in [6, 6.07) is 5.62. The van der Waals surface area contributed by atoms with Crippen molar-refractivity contribution in [3.8, 4) is 16.3 Å². The van der Waals surface area contributed by atoms with Crippen LogP contribution in [0.15, 0.2) is 24.4 Å². The smallest absolute Gasteiger partial charge is 0.130 e. The van der Waals surface area contributed by atoms with E-state index in [1.54, 1.807) is 18.4 Å². The van der Waals surface area contributed by atoms with Crippen LogP contribution in [0.3, 0.4) is 0 Å². The summed E-state index contributed by atoms with van der Waals surface area (Å²) >= 11 is 7.86. The highest BCUT2D eigenvalue weighted by Crippen LogP contribution is 2.38. The number of nitrogens with one attached hydrogen (secondary N) is 1. The zero-order valence-electron chi connectivity index (χ0n) is 10.4. The summed E-state index contributed by atoms with van der Waals surface area (Å²) in [5.74, 6) is 0.756. The van der Waals surface area contributed by atoms with E-state index in [0.717, 1.165) is 29.4 Å². The molecule has 3 nitrogen and oxygen atoms in total. The van der Waals surface area contributed by atoms with Crippen LogP contribution < -0.4 is 10.1 Å². The van der Waals surface area contributed by atoms with E-state index in [4.69, 9.17) is 16.3 Å². The molecular formula is C13H15ClN2OS. The second-order valence-electron chi connectivity index (χ2n) is 3.73. The quantitative estimate of drug-likeness (QED) is 0.910. The second kappa shape index (κ2) is 6.18. The molecule has 0 radical (unpaired) electrons. The number of benzene rings is 1. The number of halogens is 1. The molecule has 0 saturated heterocycles. The lowest BCUT2D eigenvalue weighted by molar-refractivity contribution is 0.416. The number of thiazole rings is 1. The summed E-state index contributed by atoms with van der Waals surface area (Å²) in [5.41, 5.74) is 0.870. The first kappa shape index (κ1) is 13.3. The van der Waals surface area contributed by atoms with E-state index in [9.17, 15) is 0 Å². The molecule has 96 valence electrons. The molecule has 1 aromatic heterocycles. The minimum atomic E-state index is 0.665. The summed E-state index contributed by atoms with van der Waals surface area (Å²) < 4.78 is 5.34. The van der Waals surface area contributed by atoms with Crippen LogP contribution >= 0.6 is 22.9 Å². The minimum Gasteiger partial charge on any atom is -0.496 e. The second-order valence-corrected chi connectivity index (χ2v) is 5.25. The molecule has 0 amide bonds. The Balaban J connectivity index is 2.33. The third kappa shape index (κ3) is 2.83. The van der Waals surface area contributed by atoms with Crippen LogP contribution in [0.2, 0.25) is 5.02 Å². The molecular weight excluding hydrogens is 268 g/mol. The van der Waals surface area contributed by atoms with Gasteiger partial charge in [0.2, 0.25) is 0 Å². The third-order valence-corrected chi connectivity index (χ3v) is 3.84. The van der Waals surface area contributed by atoms with Gasteiger partial charge in [-0.05, 0) is 18.7 Å². The largest absolute Gasteiger partial charge is 0.496 e. The average molecular weight is 283 g/mol. The Bertz CT molecular complexity index is 527. The van der Waals surface area contributed by atoms with Crippen molar-refractivity contribution < 1.29 is 4.74 Å². The maximum atomic E-state index is 6.23. The van der Waals surface area contributed by atoms with Gasteiger partial charge < -0.3 is 10.1 Å². The molecule has 1 heterocycles. The topological polar surface area (TPSA) is 34.2 Å². The highest BCUT2D eigenvalue weighted by Gasteiger charge is 2.13. The molecule has 1 N–H and O–H groups in total. The molecule has 0 aliphatic carbocycles. The number of ether oxygens (including phenoxy) is 1. The zero-order chi connectivity index (χ0) is 13.0. The van der Waals surface area contributed by atoms with Crippen LogP contribution in [0.4, 0.5) is 0 Å². The van der Waals surface area contributed by atoms with Gasteiger partial charge in [-0.1, -0.05) is 24.6 Å². The number of methoxy groups -OCH3 is 1. The number of hydrogen-bond acceptors (Lipinski definition) is 4. The summed E-state index contributed by atoms with van der Waals surface area (Å²) in [6.45, 7) is 3.86. The van der Waals surface area contributed by atoms with E-state index in [1.165, 1.54) is 4.88 Å². The van der Waals surface area contributed by atoms with Gasteiger partial charge in [0.15, 0.2) is 0 Å². The lowest BCUT2D eigenvalue weighted by Gasteiger charge is -2.07. The van der Waals surface area contributed by atoms with Gasteiger partial charge in [-0.2, -0.15) is 0 Å². The molecule has 0 atom stereocenters. The maximum Gasteiger partial charge on any atom is 0.130 e. The summed E-state index contributed by atoms with van der Waals surface area (Å²) in [5, 5.41) is 4.84. The molecule has 0 aliphatic heterocycles. The van der Waals surface area contributed by atoms with Gasteiger partial charge in [0.1, 0.15) is 10.8 Å². The number of aromatic nitrogens is 1. The van der Waals surface area contributed by atoms with Crippen LogP contribution in [0.25, 0.3) is 10.6 Å². The first-order valence-corrected chi connectivity index (χ1v) is 6.94. The molecule has 2 aromatic rings. The van der Waals surface area contributed by atoms with Gasteiger partial charge in [0.05, 0.1) is 17.7 Å². The zero-order valence-corrected chi connectivity index (χ0v) is 11.9. The van der Waals surface area contributed by atoms with Crippen molar-refractivity contribution in [2.45, 2.75) is 13.5 Å². The van der Waals surface area contributed by atoms with Crippen LogP contribution in [0.1, 0.15) is 11.8 Å². The van der Waals surface area contributed by atoms with Crippen LogP contribution in [0.5, 0.6) is 5.75 Å². The minimum absolute atomic E-state index is 0.665. The Morgan fingerprint density at radius 1 is 1.44 bits per heavy atom. The van der Waals surface area contributed by atoms with E-state index in [-0.39, 0.29) is 0 Å². The van der Waals surface area contributed by atoms with Crippen molar-refractivity contribution in [2.24, 2.45) is 0 Å². The number of hydrogen-bond donors (Lipinski definition) is 1. The Labute approximate surface area is 116 Å². The molecule has 0 unspecified atom stereocenters. The highest BCUT2D eigenvalue weighted by atomic mass is 35.5. The Morgan fingerprint density at radius 3 is 3.00 bits per heavy atom. The Kier molecular flexibility index (Phi) is 4.58.